The largest absolute Gasteiger partial charge is 0.350 e. The molecule has 1 aliphatic rings. The van der Waals surface area contributed by atoms with E-state index in [-0.39, 0.29) is 17.4 Å². The first-order chi connectivity index (χ1) is 10.0. The van der Waals surface area contributed by atoms with Gasteiger partial charge in [-0.25, -0.2) is 0 Å². The van der Waals surface area contributed by atoms with Crippen molar-refractivity contribution in [2.75, 3.05) is 6.54 Å². The molecule has 116 valence electrons. The maximum Gasteiger partial charge on any atom is 0.221 e. The van der Waals surface area contributed by atoms with Crippen molar-refractivity contribution in [1.29, 1.82) is 0 Å². The third-order valence-electron chi connectivity index (χ3n) is 4.84. The van der Waals surface area contributed by atoms with Crippen molar-refractivity contribution in [2.24, 2.45) is 11.1 Å². The number of benzene rings is 1. The summed E-state index contributed by atoms with van der Waals surface area (Å²) in [6.07, 6.45) is 6.45. The Kier molecular flexibility index (Phi) is 5.40. The molecule has 0 unspecified atom stereocenters. The number of nitrogens with two attached hydrogens (primary N) is 1. The normalized spacial score (nSPS) is 19.0. The van der Waals surface area contributed by atoms with E-state index in [4.69, 9.17) is 5.73 Å². The number of amides is 1. The average molecular weight is 288 g/mol. The Morgan fingerprint density at radius 1 is 1.24 bits per heavy atom. The Hall–Kier alpha value is -1.35. The predicted octanol–water partition coefficient (Wildman–Crippen LogP) is 3.47. The van der Waals surface area contributed by atoms with Crippen LogP contribution in [0.3, 0.4) is 0 Å². The van der Waals surface area contributed by atoms with Gasteiger partial charge in [0.05, 0.1) is 6.04 Å². The molecule has 3 N–H and O–H groups in total. The van der Waals surface area contributed by atoms with E-state index in [2.05, 4.69) is 36.5 Å². The van der Waals surface area contributed by atoms with Gasteiger partial charge in [0.2, 0.25) is 5.91 Å². The summed E-state index contributed by atoms with van der Waals surface area (Å²) in [6, 6.07) is 8.39. The Bertz CT molecular complexity index is 461. The molecule has 3 heteroatoms. The van der Waals surface area contributed by atoms with Gasteiger partial charge in [0.1, 0.15) is 0 Å². The SMILES string of the molecule is Cc1ccc([C@H](C)NC(=O)CC2(CN)CCCCC2)cc1. The summed E-state index contributed by atoms with van der Waals surface area (Å²) >= 11 is 0. The summed E-state index contributed by atoms with van der Waals surface area (Å²) in [5.74, 6) is 0.135. The molecule has 1 aliphatic carbocycles. The molecule has 2 rings (SSSR count). The van der Waals surface area contributed by atoms with Crippen LogP contribution < -0.4 is 11.1 Å². The third kappa shape index (κ3) is 4.31. The smallest absolute Gasteiger partial charge is 0.221 e. The zero-order valence-electron chi connectivity index (χ0n) is 13.3. The van der Waals surface area contributed by atoms with Gasteiger partial charge in [0.25, 0.3) is 0 Å². The van der Waals surface area contributed by atoms with Gasteiger partial charge in [-0.2, -0.15) is 0 Å². The van der Waals surface area contributed by atoms with Gasteiger partial charge >= 0.3 is 0 Å². The topological polar surface area (TPSA) is 55.1 Å². The summed E-state index contributed by atoms with van der Waals surface area (Å²) in [6.45, 7) is 4.74. The highest BCUT2D eigenvalue weighted by Gasteiger charge is 2.33. The van der Waals surface area contributed by atoms with E-state index in [9.17, 15) is 4.79 Å². The fourth-order valence-electron chi connectivity index (χ4n) is 3.33. The summed E-state index contributed by atoms with van der Waals surface area (Å²) in [5.41, 5.74) is 8.39. The fourth-order valence-corrected chi connectivity index (χ4v) is 3.33. The lowest BCUT2D eigenvalue weighted by atomic mass is 9.71. The van der Waals surface area contributed by atoms with Gasteiger partial charge in [-0.1, -0.05) is 49.1 Å². The van der Waals surface area contributed by atoms with Crippen molar-refractivity contribution in [2.45, 2.75) is 58.4 Å². The average Bonchev–Trinajstić information content (AvgIpc) is 2.48. The van der Waals surface area contributed by atoms with E-state index in [0.29, 0.717) is 13.0 Å². The van der Waals surface area contributed by atoms with Crippen LogP contribution in [0.15, 0.2) is 24.3 Å². The van der Waals surface area contributed by atoms with Gasteiger partial charge in [0, 0.05) is 6.42 Å². The highest BCUT2D eigenvalue weighted by Crippen LogP contribution is 2.38. The van der Waals surface area contributed by atoms with Crippen molar-refractivity contribution in [1.82, 2.24) is 5.32 Å². The first-order valence-corrected chi connectivity index (χ1v) is 8.11. The van der Waals surface area contributed by atoms with Crippen molar-refractivity contribution in [3.8, 4) is 0 Å². The molecule has 21 heavy (non-hydrogen) atoms. The molecule has 3 nitrogen and oxygen atoms in total. The molecule has 1 aromatic carbocycles. The first-order valence-electron chi connectivity index (χ1n) is 8.11. The van der Waals surface area contributed by atoms with Gasteiger partial charge in [-0.05, 0) is 44.2 Å². The van der Waals surface area contributed by atoms with E-state index >= 15 is 0 Å². The van der Waals surface area contributed by atoms with Crippen LogP contribution in [-0.4, -0.2) is 12.5 Å². The zero-order valence-corrected chi connectivity index (χ0v) is 13.3. The second kappa shape index (κ2) is 7.08. The minimum absolute atomic E-state index is 0.0370. The van der Waals surface area contributed by atoms with E-state index < -0.39 is 0 Å². The molecule has 1 saturated carbocycles. The maximum absolute atomic E-state index is 12.4. The number of aryl methyl sites for hydroxylation is 1. The second-order valence-corrected chi connectivity index (χ2v) is 6.64. The standard InChI is InChI=1S/C18H28N2O/c1-14-6-8-16(9-7-14)15(2)20-17(21)12-18(13-19)10-4-3-5-11-18/h6-9,15H,3-5,10-13,19H2,1-2H3,(H,20,21)/t15-/m0/s1. The molecule has 0 aliphatic heterocycles. The molecule has 1 aromatic rings. The zero-order chi connectivity index (χ0) is 15.3. The number of carbonyl (C=O) groups excluding carboxylic acids is 1. The predicted molar refractivity (Wildman–Crippen MR) is 86.9 cm³/mol. The molecule has 1 amide bonds. The van der Waals surface area contributed by atoms with Crippen molar-refractivity contribution in [3.05, 3.63) is 35.4 Å². The molecule has 0 spiro atoms. The summed E-state index contributed by atoms with van der Waals surface area (Å²) in [7, 11) is 0. The van der Waals surface area contributed by atoms with Crippen LogP contribution >= 0.6 is 0 Å². The summed E-state index contributed by atoms with van der Waals surface area (Å²) in [5, 5.41) is 3.13. The number of rotatable bonds is 5. The van der Waals surface area contributed by atoms with Crippen molar-refractivity contribution in [3.63, 3.8) is 0 Å². The quantitative estimate of drug-likeness (QED) is 0.871. The minimum Gasteiger partial charge on any atom is -0.350 e. The Balaban J connectivity index is 1.92. The lowest BCUT2D eigenvalue weighted by Gasteiger charge is -2.36. The third-order valence-corrected chi connectivity index (χ3v) is 4.84. The minimum atomic E-state index is 0.0370. The van der Waals surface area contributed by atoms with Gasteiger partial charge in [-0.3, -0.25) is 4.79 Å². The highest BCUT2D eigenvalue weighted by molar-refractivity contribution is 5.77. The molecule has 0 radical (unpaired) electrons. The highest BCUT2D eigenvalue weighted by atomic mass is 16.1. The van der Waals surface area contributed by atoms with Crippen LogP contribution in [-0.2, 0) is 4.79 Å². The van der Waals surface area contributed by atoms with Crippen LogP contribution in [0.4, 0.5) is 0 Å². The maximum atomic E-state index is 12.4. The summed E-state index contributed by atoms with van der Waals surface area (Å²) < 4.78 is 0. The van der Waals surface area contributed by atoms with Crippen molar-refractivity contribution >= 4 is 5.91 Å². The second-order valence-electron chi connectivity index (χ2n) is 6.64. The molecule has 0 aromatic heterocycles. The fraction of sp³-hybridized carbons (Fsp3) is 0.611. The molecule has 0 heterocycles. The van der Waals surface area contributed by atoms with Crippen LogP contribution in [0, 0.1) is 12.3 Å². The van der Waals surface area contributed by atoms with E-state index in [1.807, 2.05) is 6.92 Å². The van der Waals surface area contributed by atoms with E-state index in [1.165, 1.54) is 24.8 Å². The number of hydrogen-bond donors (Lipinski definition) is 2. The van der Waals surface area contributed by atoms with Gasteiger partial charge < -0.3 is 11.1 Å². The van der Waals surface area contributed by atoms with Gasteiger partial charge in [0.15, 0.2) is 0 Å². The van der Waals surface area contributed by atoms with Crippen LogP contribution in [0.1, 0.15) is 62.6 Å². The van der Waals surface area contributed by atoms with Crippen LogP contribution in [0.25, 0.3) is 0 Å². The lowest BCUT2D eigenvalue weighted by Crippen LogP contribution is -2.39. The molecule has 0 saturated heterocycles. The van der Waals surface area contributed by atoms with Crippen molar-refractivity contribution < 1.29 is 4.79 Å². The summed E-state index contributed by atoms with van der Waals surface area (Å²) in [4.78, 5) is 12.4. The van der Waals surface area contributed by atoms with Crippen LogP contribution in [0.5, 0.6) is 0 Å². The molecule has 0 bridgehead atoms. The molecular weight excluding hydrogens is 260 g/mol. The molecule has 1 atom stereocenters. The monoisotopic (exact) mass is 288 g/mol. The van der Waals surface area contributed by atoms with Crippen LogP contribution in [0.2, 0.25) is 0 Å². The Labute approximate surface area is 128 Å². The molecule has 1 fully saturated rings. The van der Waals surface area contributed by atoms with E-state index in [0.717, 1.165) is 18.4 Å². The number of hydrogen-bond acceptors (Lipinski definition) is 2. The number of nitrogens with one attached hydrogen (secondary N) is 1. The first kappa shape index (κ1) is 16.0. The Morgan fingerprint density at radius 2 is 1.86 bits per heavy atom. The Morgan fingerprint density at radius 3 is 2.43 bits per heavy atom. The molecular formula is C18H28N2O. The lowest BCUT2D eigenvalue weighted by molar-refractivity contribution is -0.124. The number of carbonyl (C=O) groups is 1. The van der Waals surface area contributed by atoms with E-state index in [1.54, 1.807) is 0 Å². The van der Waals surface area contributed by atoms with Gasteiger partial charge in [-0.15, -0.1) is 0 Å².